The molecule has 2 atom stereocenters. The standard InChI is InChI=1S/C8H15BrO2/c1-6(2)7-5-10-8(11-7)3-4-9/h6-8H,3-5H2,1-2H3. The Morgan fingerprint density at radius 2 is 2.27 bits per heavy atom. The average molecular weight is 223 g/mol. The predicted molar refractivity (Wildman–Crippen MR) is 47.9 cm³/mol. The molecule has 0 saturated carbocycles. The van der Waals surface area contributed by atoms with Crippen molar-refractivity contribution in [3.05, 3.63) is 0 Å². The van der Waals surface area contributed by atoms with Crippen LogP contribution in [0.2, 0.25) is 0 Å². The van der Waals surface area contributed by atoms with Crippen molar-refractivity contribution in [3.8, 4) is 0 Å². The van der Waals surface area contributed by atoms with Crippen LogP contribution in [0.15, 0.2) is 0 Å². The van der Waals surface area contributed by atoms with Crippen molar-refractivity contribution in [3.63, 3.8) is 0 Å². The second kappa shape index (κ2) is 4.43. The molecule has 1 aliphatic heterocycles. The molecule has 0 aromatic heterocycles. The number of alkyl halides is 1. The van der Waals surface area contributed by atoms with E-state index in [2.05, 4.69) is 29.8 Å². The van der Waals surface area contributed by atoms with E-state index in [9.17, 15) is 0 Å². The number of ether oxygens (including phenoxy) is 2. The molecule has 0 amide bonds. The number of hydrogen-bond acceptors (Lipinski definition) is 2. The third-order valence-electron chi connectivity index (χ3n) is 1.86. The van der Waals surface area contributed by atoms with Crippen molar-refractivity contribution in [2.24, 2.45) is 5.92 Å². The van der Waals surface area contributed by atoms with Crippen LogP contribution in [0.3, 0.4) is 0 Å². The zero-order chi connectivity index (χ0) is 8.27. The van der Waals surface area contributed by atoms with E-state index >= 15 is 0 Å². The Morgan fingerprint density at radius 1 is 1.55 bits per heavy atom. The molecule has 2 nitrogen and oxygen atoms in total. The molecule has 0 aromatic carbocycles. The Balaban J connectivity index is 2.23. The second-order valence-electron chi connectivity index (χ2n) is 3.16. The smallest absolute Gasteiger partial charge is 0.159 e. The van der Waals surface area contributed by atoms with Crippen molar-refractivity contribution < 1.29 is 9.47 Å². The molecule has 2 unspecified atom stereocenters. The molecule has 3 heteroatoms. The van der Waals surface area contributed by atoms with Crippen molar-refractivity contribution in [1.29, 1.82) is 0 Å². The van der Waals surface area contributed by atoms with E-state index in [0.29, 0.717) is 12.0 Å². The van der Waals surface area contributed by atoms with E-state index in [4.69, 9.17) is 9.47 Å². The number of halogens is 1. The van der Waals surface area contributed by atoms with Gasteiger partial charge >= 0.3 is 0 Å². The van der Waals surface area contributed by atoms with Crippen LogP contribution in [0.1, 0.15) is 20.3 Å². The lowest BCUT2D eigenvalue weighted by molar-refractivity contribution is -0.0644. The highest BCUT2D eigenvalue weighted by Crippen LogP contribution is 2.20. The summed E-state index contributed by atoms with van der Waals surface area (Å²) in [7, 11) is 0. The molecular formula is C8H15BrO2. The molecule has 0 radical (unpaired) electrons. The Morgan fingerprint density at radius 3 is 2.73 bits per heavy atom. The molecule has 1 fully saturated rings. The third kappa shape index (κ3) is 2.73. The van der Waals surface area contributed by atoms with E-state index in [1.165, 1.54) is 0 Å². The van der Waals surface area contributed by atoms with Gasteiger partial charge in [0.15, 0.2) is 6.29 Å². The second-order valence-corrected chi connectivity index (χ2v) is 3.95. The zero-order valence-corrected chi connectivity index (χ0v) is 8.63. The first-order chi connectivity index (χ1) is 5.24. The van der Waals surface area contributed by atoms with Gasteiger partial charge in [-0.25, -0.2) is 0 Å². The summed E-state index contributed by atoms with van der Waals surface area (Å²) in [6.07, 6.45) is 1.28. The fraction of sp³-hybridized carbons (Fsp3) is 1.00. The van der Waals surface area contributed by atoms with Gasteiger partial charge in [0.2, 0.25) is 0 Å². The first-order valence-corrected chi connectivity index (χ1v) is 5.19. The minimum atomic E-state index is 0.0294. The van der Waals surface area contributed by atoms with Crippen molar-refractivity contribution >= 4 is 15.9 Å². The maximum atomic E-state index is 5.61. The first-order valence-electron chi connectivity index (χ1n) is 4.07. The Kier molecular flexibility index (Phi) is 3.82. The summed E-state index contributed by atoms with van der Waals surface area (Å²) in [5.74, 6) is 0.565. The van der Waals surface area contributed by atoms with Crippen molar-refractivity contribution in [2.75, 3.05) is 11.9 Å². The lowest BCUT2D eigenvalue weighted by atomic mass is 10.1. The average Bonchev–Trinajstić information content (AvgIpc) is 2.37. The summed E-state index contributed by atoms with van der Waals surface area (Å²) >= 11 is 3.36. The van der Waals surface area contributed by atoms with Crippen LogP contribution in [-0.4, -0.2) is 24.3 Å². The van der Waals surface area contributed by atoms with Crippen LogP contribution in [-0.2, 0) is 9.47 Å². The SMILES string of the molecule is CC(C)C1COC(CCBr)O1. The van der Waals surface area contributed by atoms with Crippen LogP contribution in [0.5, 0.6) is 0 Å². The monoisotopic (exact) mass is 222 g/mol. The van der Waals surface area contributed by atoms with Gasteiger partial charge in [0, 0.05) is 11.8 Å². The molecule has 0 bridgehead atoms. The molecule has 0 spiro atoms. The summed E-state index contributed by atoms with van der Waals surface area (Å²) in [6, 6.07) is 0. The van der Waals surface area contributed by atoms with Crippen LogP contribution in [0.4, 0.5) is 0 Å². The third-order valence-corrected chi connectivity index (χ3v) is 2.32. The molecule has 1 heterocycles. The van der Waals surface area contributed by atoms with E-state index in [-0.39, 0.29) is 6.29 Å². The Hall–Kier alpha value is 0.400. The molecule has 1 rings (SSSR count). The van der Waals surface area contributed by atoms with E-state index in [0.717, 1.165) is 18.4 Å². The van der Waals surface area contributed by atoms with Crippen LogP contribution in [0.25, 0.3) is 0 Å². The molecular weight excluding hydrogens is 208 g/mol. The van der Waals surface area contributed by atoms with Crippen molar-refractivity contribution in [2.45, 2.75) is 32.7 Å². The fourth-order valence-electron chi connectivity index (χ4n) is 1.07. The van der Waals surface area contributed by atoms with Gasteiger partial charge in [-0.05, 0) is 5.92 Å². The molecule has 1 saturated heterocycles. The molecule has 66 valence electrons. The highest BCUT2D eigenvalue weighted by atomic mass is 79.9. The molecule has 1 aliphatic rings. The minimum Gasteiger partial charge on any atom is -0.350 e. The quantitative estimate of drug-likeness (QED) is 0.682. The minimum absolute atomic E-state index is 0.0294. The van der Waals surface area contributed by atoms with Gasteiger partial charge in [0.25, 0.3) is 0 Å². The predicted octanol–water partition coefficient (Wildman–Crippen LogP) is 2.17. The fourth-order valence-corrected chi connectivity index (χ4v) is 1.44. The van der Waals surface area contributed by atoms with Crippen LogP contribution < -0.4 is 0 Å². The summed E-state index contributed by atoms with van der Waals surface area (Å²) in [5, 5.41) is 0.947. The summed E-state index contributed by atoms with van der Waals surface area (Å²) in [5.41, 5.74) is 0. The van der Waals surface area contributed by atoms with E-state index in [1.54, 1.807) is 0 Å². The van der Waals surface area contributed by atoms with Crippen molar-refractivity contribution in [1.82, 2.24) is 0 Å². The maximum absolute atomic E-state index is 5.61. The van der Waals surface area contributed by atoms with E-state index < -0.39 is 0 Å². The van der Waals surface area contributed by atoms with Gasteiger partial charge in [-0.15, -0.1) is 0 Å². The molecule has 0 aliphatic carbocycles. The van der Waals surface area contributed by atoms with Gasteiger partial charge in [-0.1, -0.05) is 29.8 Å². The van der Waals surface area contributed by atoms with Gasteiger partial charge in [0.05, 0.1) is 12.7 Å². The lowest BCUT2D eigenvalue weighted by Gasteiger charge is -2.12. The van der Waals surface area contributed by atoms with Gasteiger partial charge in [-0.3, -0.25) is 0 Å². The zero-order valence-electron chi connectivity index (χ0n) is 7.05. The normalized spacial score (nSPS) is 31.6. The highest BCUT2D eigenvalue weighted by molar-refractivity contribution is 9.09. The maximum Gasteiger partial charge on any atom is 0.159 e. The molecule has 11 heavy (non-hydrogen) atoms. The Bertz CT molecular complexity index is 117. The van der Waals surface area contributed by atoms with Crippen LogP contribution >= 0.6 is 15.9 Å². The summed E-state index contributed by atoms with van der Waals surface area (Å²) in [6.45, 7) is 5.07. The topological polar surface area (TPSA) is 18.5 Å². The highest BCUT2D eigenvalue weighted by Gasteiger charge is 2.27. The number of rotatable bonds is 3. The largest absolute Gasteiger partial charge is 0.350 e. The summed E-state index contributed by atoms with van der Waals surface area (Å²) < 4.78 is 11.0. The van der Waals surface area contributed by atoms with Gasteiger partial charge in [-0.2, -0.15) is 0 Å². The number of hydrogen-bond donors (Lipinski definition) is 0. The van der Waals surface area contributed by atoms with Crippen LogP contribution in [0, 0.1) is 5.92 Å². The van der Waals surface area contributed by atoms with E-state index in [1.807, 2.05) is 0 Å². The lowest BCUT2D eigenvalue weighted by Crippen LogP contribution is -2.18. The Labute approximate surface area is 76.4 Å². The first kappa shape index (κ1) is 9.49. The molecule has 0 aromatic rings. The summed E-state index contributed by atoms with van der Waals surface area (Å²) in [4.78, 5) is 0. The van der Waals surface area contributed by atoms with Gasteiger partial charge in [0.1, 0.15) is 0 Å². The molecule has 0 N–H and O–H groups in total. The van der Waals surface area contributed by atoms with Gasteiger partial charge < -0.3 is 9.47 Å².